The van der Waals surface area contributed by atoms with Gasteiger partial charge in [-0.15, -0.1) is 10.2 Å². The van der Waals surface area contributed by atoms with Gasteiger partial charge in [0.2, 0.25) is 5.89 Å². The Hall–Kier alpha value is -2.93. The maximum atomic E-state index is 5.35. The van der Waals surface area contributed by atoms with E-state index in [-0.39, 0.29) is 5.25 Å². The molecule has 0 aliphatic heterocycles. The molecule has 1 unspecified atom stereocenters. The molecule has 0 amide bonds. The Bertz CT molecular complexity index is 1120. The van der Waals surface area contributed by atoms with E-state index in [0.29, 0.717) is 18.1 Å². The lowest BCUT2D eigenvalue weighted by Crippen LogP contribution is -2.06. The molecule has 2 aromatic heterocycles. The van der Waals surface area contributed by atoms with E-state index in [1.54, 1.807) is 11.8 Å². The molecule has 4 aromatic rings. The molecule has 0 saturated carbocycles. The van der Waals surface area contributed by atoms with Crippen molar-refractivity contribution >= 4 is 11.8 Å². The van der Waals surface area contributed by atoms with Gasteiger partial charge in [-0.1, -0.05) is 64.9 Å². The Morgan fingerprint density at radius 1 is 1.03 bits per heavy atom. The molecule has 6 nitrogen and oxygen atoms in total. The minimum Gasteiger partial charge on any atom is -0.338 e. The molecule has 2 heterocycles. The number of rotatable bonds is 6. The van der Waals surface area contributed by atoms with Crippen molar-refractivity contribution in [1.29, 1.82) is 0 Å². The van der Waals surface area contributed by atoms with Gasteiger partial charge < -0.3 is 4.52 Å². The third-order valence-electron chi connectivity index (χ3n) is 4.67. The summed E-state index contributed by atoms with van der Waals surface area (Å²) in [6.45, 7) is 8.08. The molecule has 7 heteroatoms. The number of hydrogen-bond acceptors (Lipinski definition) is 6. The molecule has 2 aromatic carbocycles. The van der Waals surface area contributed by atoms with Crippen LogP contribution in [0.3, 0.4) is 0 Å². The van der Waals surface area contributed by atoms with Crippen LogP contribution in [0.15, 0.2) is 58.2 Å². The predicted octanol–water partition coefficient (Wildman–Crippen LogP) is 5.02. The van der Waals surface area contributed by atoms with Crippen LogP contribution < -0.4 is 0 Å². The summed E-state index contributed by atoms with van der Waals surface area (Å²) in [6, 6.07) is 16.8. The van der Waals surface area contributed by atoms with Crippen LogP contribution >= 0.6 is 11.8 Å². The first-order chi connectivity index (χ1) is 14.0. The van der Waals surface area contributed by atoms with Gasteiger partial charge >= 0.3 is 0 Å². The summed E-state index contributed by atoms with van der Waals surface area (Å²) in [6.07, 6.45) is 0.704. The average molecular weight is 406 g/mol. The lowest BCUT2D eigenvalue weighted by atomic mass is 10.1. The van der Waals surface area contributed by atoms with E-state index in [2.05, 4.69) is 69.1 Å². The van der Waals surface area contributed by atoms with Crippen molar-refractivity contribution in [3.05, 3.63) is 82.8 Å². The van der Waals surface area contributed by atoms with Crippen LogP contribution in [0.25, 0.3) is 5.69 Å². The van der Waals surface area contributed by atoms with Crippen molar-refractivity contribution in [2.45, 2.75) is 44.5 Å². The van der Waals surface area contributed by atoms with Crippen LogP contribution in [0.1, 0.15) is 46.4 Å². The Labute approximate surface area is 174 Å². The number of aromatic nitrogens is 5. The third-order valence-corrected chi connectivity index (χ3v) is 5.70. The summed E-state index contributed by atoms with van der Waals surface area (Å²) >= 11 is 1.57. The molecule has 148 valence electrons. The van der Waals surface area contributed by atoms with Gasteiger partial charge in [0.1, 0.15) is 5.82 Å². The van der Waals surface area contributed by atoms with Crippen LogP contribution in [0, 0.1) is 20.8 Å². The molecule has 0 radical (unpaired) electrons. The van der Waals surface area contributed by atoms with Gasteiger partial charge in [0, 0.05) is 6.42 Å². The lowest BCUT2D eigenvalue weighted by molar-refractivity contribution is 0.376. The first-order valence-corrected chi connectivity index (χ1v) is 10.4. The summed E-state index contributed by atoms with van der Waals surface area (Å²) in [4.78, 5) is 4.36. The van der Waals surface area contributed by atoms with Crippen molar-refractivity contribution in [2.75, 3.05) is 0 Å². The quantitative estimate of drug-likeness (QED) is 0.420. The maximum absolute atomic E-state index is 5.35. The normalized spacial score (nSPS) is 12.3. The Morgan fingerprint density at radius 2 is 1.83 bits per heavy atom. The molecule has 29 heavy (non-hydrogen) atoms. The topological polar surface area (TPSA) is 69.6 Å². The van der Waals surface area contributed by atoms with Gasteiger partial charge in [0.05, 0.1) is 10.9 Å². The molecule has 0 aliphatic carbocycles. The highest BCUT2D eigenvalue weighted by atomic mass is 32.2. The van der Waals surface area contributed by atoms with Crippen LogP contribution in [0.2, 0.25) is 0 Å². The molecule has 0 aliphatic rings. The second-order valence-electron chi connectivity index (χ2n) is 7.13. The number of hydrogen-bond donors (Lipinski definition) is 0. The molecule has 1 atom stereocenters. The number of nitrogens with zero attached hydrogens (tertiary/aromatic N) is 5. The summed E-state index contributed by atoms with van der Waals surface area (Å²) in [5, 5.41) is 13.7. The fraction of sp³-hybridized carbons (Fsp3) is 0.273. The van der Waals surface area contributed by atoms with E-state index in [1.807, 2.05) is 32.0 Å². The van der Waals surface area contributed by atoms with Crippen molar-refractivity contribution < 1.29 is 4.52 Å². The Morgan fingerprint density at radius 3 is 2.52 bits per heavy atom. The van der Waals surface area contributed by atoms with Gasteiger partial charge in [-0.05, 0) is 44.9 Å². The largest absolute Gasteiger partial charge is 0.338 e. The van der Waals surface area contributed by atoms with Gasteiger partial charge in [-0.25, -0.2) is 0 Å². The van der Waals surface area contributed by atoms with Gasteiger partial charge in [0.25, 0.3) is 0 Å². The van der Waals surface area contributed by atoms with Crippen molar-refractivity contribution in [3.8, 4) is 5.69 Å². The summed E-state index contributed by atoms with van der Waals surface area (Å²) < 4.78 is 7.49. The SMILES string of the molecule is Cc1ccc(-n2c(Cc3ccccc3)nnc2SC(C)c2nc(C)no2)c(C)c1. The molecule has 0 fully saturated rings. The Balaban J connectivity index is 1.74. The Kier molecular flexibility index (Phi) is 5.49. The zero-order valence-corrected chi connectivity index (χ0v) is 17.8. The van der Waals surface area contributed by atoms with Crippen molar-refractivity contribution in [2.24, 2.45) is 0 Å². The van der Waals surface area contributed by atoms with E-state index >= 15 is 0 Å². The average Bonchev–Trinajstić information content (AvgIpc) is 3.30. The molecular weight excluding hydrogens is 382 g/mol. The summed E-state index contributed by atoms with van der Waals surface area (Å²) in [5.74, 6) is 2.12. The van der Waals surface area contributed by atoms with Crippen LogP contribution in [-0.4, -0.2) is 24.9 Å². The van der Waals surface area contributed by atoms with Gasteiger partial charge in [-0.3, -0.25) is 4.57 Å². The zero-order valence-electron chi connectivity index (χ0n) is 17.0. The van der Waals surface area contributed by atoms with Crippen molar-refractivity contribution in [3.63, 3.8) is 0 Å². The number of aryl methyl sites for hydroxylation is 3. The van der Waals surface area contributed by atoms with Crippen molar-refractivity contribution in [1.82, 2.24) is 24.9 Å². The second-order valence-corrected chi connectivity index (χ2v) is 8.43. The summed E-state index contributed by atoms with van der Waals surface area (Å²) in [7, 11) is 0. The molecule has 0 saturated heterocycles. The highest BCUT2D eigenvalue weighted by molar-refractivity contribution is 7.99. The molecule has 0 spiro atoms. The molecule has 0 N–H and O–H groups in total. The standard InChI is InChI=1S/C22H23N5OS/c1-14-10-11-19(15(2)12-14)27-20(13-18-8-6-5-7-9-18)24-25-22(27)29-16(3)21-23-17(4)26-28-21/h5-12,16H,13H2,1-4H3. The van der Waals surface area contributed by atoms with Gasteiger partial charge in [-0.2, -0.15) is 4.98 Å². The lowest BCUT2D eigenvalue weighted by Gasteiger charge is -2.14. The van der Waals surface area contributed by atoms with E-state index in [1.165, 1.54) is 16.7 Å². The maximum Gasteiger partial charge on any atom is 0.239 e. The molecule has 4 rings (SSSR count). The third kappa shape index (κ3) is 4.24. The zero-order chi connectivity index (χ0) is 20.4. The van der Waals surface area contributed by atoms with E-state index in [9.17, 15) is 0 Å². The van der Waals surface area contributed by atoms with Crippen LogP contribution in [0.4, 0.5) is 0 Å². The number of thioether (sulfide) groups is 1. The molecular formula is C22H23N5OS. The van der Waals surface area contributed by atoms with Gasteiger partial charge in [0.15, 0.2) is 11.0 Å². The predicted molar refractivity (Wildman–Crippen MR) is 113 cm³/mol. The fourth-order valence-corrected chi connectivity index (χ4v) is 4.16. The highest BCUT2D eigenvalue weighted by Gasteiger charge is 2.22. The second kappa shape index (κ2) is 8.21. The smallest absolute Gasteiger partial charge is 0.239 e. The monoisotopic (exact) mass is 405 g/mol. The minimum atomic E-state index is -0.0329. The van der Waals surface area contributed by atoms with E-state index in [0.717, 1.165) is 16.7 Å². The fourth-order valence-electron chi connectivity index (χ4n) is 3.25. The first-order valence-electron chi connectivity index (χ1n) is 9.54. The summed E-state index contributed by atoms with van der Waals surface area (Å²) in [5.41, 5.74) is 4.70. The minimum absolute atomic E-state index is 0.0329. The van der Waals surface area contributed by atoms with Crippen LogP contribution in [0.5, 0.6) is 0 Å². The first kappa shape index (κ1) is 19.4. The van der Waals surface area contributed by atoms with Crippen LogP contribution in [-0.2, 0) is 6.42 Å². The van der Waals surface area contributed by atoms with E-state index < -0.39 is 0 Å². The molecule has 0 bridgehead atoms. The number of benzene rings is 2. The highest BCUT2D eigenvalue weighted by Crippen LogP contribution is 2.35. The van der Waals surface area contributed by atoms with E-state index in [4.69, 9.17) is 4.52 Å².